The molecule has 4 rings (SSSR count). The van der Waals surface area contributed by atoms with Gasteiger partial charge in [-0.25, -0.2) is 8.42 Å². The molecule has 0 unspecified atom stereocenters. The third kappa shape index (κ3) is 2.90. The topological polar surface area (TPSA) is 79.3 Å². The number of hydrogen-bond acceptors (Lipinski definition) is 5. The second-order valence-electron chi connectivity index (χ2n) is 6.38. The van der Waals surface area contributed by atoms with Gasteiger partial charge in [0.1, 0.15) is 11.6 Å². The molecule has 0 saturated carbocycles. The van der Waals surface area contributed by atoms with Crippen LogP contribution in [0.3, 0.4) is 0 Å². The van der Waals surface area contributed by atoms with Crippen molar-refractivity contribution in [3.8, 4) is 5.75 Å². The molecule has 0 saturated heterocycles. The Kier molecular flexibility index (Phi) is 4.07. The summed E-state index contributed by atoms with van der Waals surface area (Å²) in [6, 6.07) is 5.81. The predicted octanol–water partition coefficient (Wildman–Crippen LogP) is 1.47. The van der Waals surface area contributed by atoms with E-state index in [-0.39, 0.29) is 11.7 Å². The first-order valence-electron chi connectivity index (χ1n) is 8.45. The van der Waals surface area contributed by atoms with Gasteiger partial charge >= 0.3 is 0 Å². The lowest BCUT2D eigenvalue weighted by Crippen LogP contribution is -2.40. The first-order valence-corrected chi connectivity index (χ1v) is 10.1. The summed E-state index contributed by atoms with van der Waals surface area (Å²) in [5, 5.41) is 0. The van der Waals surface area contributed by atoms with Gasteiger partial charge in [0.15, 0.2) is 0 Å². The molecule has 1 amide bonds. The fourth-order valence-corrected chi connectivity index (χ4v) is 4.44. The molecule has 1 aromatic rings. The molecule has 26 heavy (non-hydrogen) atoms. The summed E-state index contributed by atoms with van der Waals surface area (Å²) < 4.78 is 32.4. The van der Waals surface area contributed by atoms with Crippen LogP contribution in [0.5, 0.6) is 5.75 Å². The molecule has 0 aliphatic carbocycles. The van der Waals surface area contributed by atoms with E-state index >= 15 is 0 Å². The first kappa shape index (κ1) is 16.8. The van der Waals surface area contributed by atoms with Crippen molar-refractivity contribution in [2.75, 3.05) is 30.9 Å². The van der Waals surface area contributed by atoms with Crippen molar-refractivity contribution in [3.63, 3.8) is 0 Å². The summed E-state index contributed by atoms with van der Waals surface area (Å²) in [4.78, 5) is 16.6. The molecule has 3 aliphatic rings. The van der Waals surface area contributed by atoms with Crippen LogP contribution in [-0.2, 0) is 21.2 Å². The average molecular weight is 373 g/mol. The van der Waals surface area contributed by atoms with Gasteiger partial charge in [0.25, 0.3) is 15.9 Å². The fraction of sp³-hybridized carbons (Fsp3) is 0.333. The highest BCUT2D eigenvalue weighted by molar-refractivity contribution is 7.90. The summed E-state index contributed by atoms with van der Waals surface area (Å²) in [5.41, 5.74) is 2.42. The molecule has 0 spiro atoms. The van der Waals surface area contributed by atoms with Gasteiger partial charge in [-0.1, -0.05) is 12.1 Å². The van der Waals surface area contributed by atoms with E-state index in [0.717, 1.165) is 24.1 Å². The Hall–Kier alpha value is -2.61. The third-order valence-electron chi connectivity index (χ3n) is 4.72. The molecule has 0 radical (unpaired) electrons. The molecule has 0 bridgehead atoms. The van der Waals surface area contributed by atoms with Gasteiger partial charge in [0.05, 0.1) is 24.1 Å². The van der Waals surface area contributed by atoms with E-state index in [9.17, 15) is 13.2 Å². The minimum absolute atomic E-state index is 0.0529. The smallest absolute Gasteiger partial charge is 0.259 e. The number of aryl methyl sites for hydroxylation is 1. The molecular formula is C18H19N3O4S. The number of rotatable bonds is 2. The fourth-order valence-electron chi connectivity index (χ4n) is 3.47. The summed E-state index contributed by atoms with van der Waals surface area (Å²) in [6.45, 7) is 0.912. The number of methoxy groups -OCH3 is 1. The van der Waals surface area contributed by atoms with E-state index in [1.165, 1.54) is 0 Å². The van der Waals surface area contributed by atoms with Gasteiger partial charge in [-0.05, 0) is 36.6 Å². The second-order valence-corrected chi connectivity index (χ2v) is 8.13. The highest BCUT2D eigenvalue weighted by Gasteiger charge is 2.30. The number of amidine groups is 1. The van der Waals surface area contributed by atoms with Gasteiger partial charge < -0.3 is 14.5 Å². The number of amides is 1. The number of carbonyl (C=O) groups excluding carboxylic acids is 1. The van der Waals surface area contributed by atoms with E-state index in [4.69, 9.17) is 4.74 Å². The zero-order valence-corrected chi connectivity index (χ0v) is 15.2. The summed E-state index contributed by atoms with van der Waals surface area (Å²) in [7, 11) is -1.81. The summed E-state index contributed by atoms with van der Waals surface area (Å²) >= 11 is 0. The molecule has 3 aliphatic heterocycles. The molecular weight excluding hydrogens is 354 g/mol. The van der Waals surface area contributed by atoms with E-state index in [1.54, 1.807) is 35.3 Å². The Morgan fingerprint density at radius 3 is 2.88 bits per heavy atom. The molecule has 0 atom stereocenters. The zero-order valence-electron chi connectivity index (χ0n) is 14.4. The molecule has 3 heterocycles. The maximum Gasteiger partial charge on any atom is 0.259 e. The highest BCUT2D eigenvalue weighted by Crippen LogP contribution is 2.37. The summed E-state index contributed by atoms with van der Waals surface area (Å²) in [6.07, 6.45) is 6.68. The number of anilines is 1. The van der Waals surface area contributed by atoms with Gasteiger partial charge in [0, 0.05) is 19.3 Å². The molecule has 0 N–H and O–H groups in total. The number of nitrogens with zero attached hydrogens (tertiary/aromatic N) is 3. The highest BCUT2D eigenvalue weighted by atomic mass is 32.2. The first-order chi connectivity index (χ1) is 12.5. The Labute approximate surface area is 152 Å². The van der Waals surface area contributed by atoms with E-state index in [0.29, 0.717) is 30.2 Å². The normalized spacial score (nSPS) is 20.7. The third-order valence-corrected chi connectivity index (χ3v) is 5.88. The SMILES string of the molecule is COc1cccc2c1N(C(=O)C1=CN3CCS(=O)(=O)N=C3C=C1)CCC2. The Balaban J connectivity index is 1.67. The molecule has 8 heteroatoms. The zero-order chi connectivity index (χ0) is 18.3. The average Bonchev–Trinajstić information content (AvgIpc) is 2.65. The molecule has 0 fully saturated rings. The number of benzene rings is 1. The van der Waals surface area contributed by atoms with Crippen LogP contribution in [0.1, 0.15) is 12.0 Å². The number of para-hydroxylation sites is 1. The van der Waals surface area contributed by atoms with Crippen molar-refractivity contribution in [2.24, 2.45) is 4.40 Å². The van der Waals surface area contributed by atoms with Crippen molar-refractivity contribution in [1.29, 1.82) is 0 Å². The van der Waals surface area contributed by atoms with Crippen LogP contribution in [0.25, 0.3) is 0 Å². The van der Waals surface area contributed by atoms with Crippen LogP contribution >= 0.6 is 0 Å². The van der Waals surface area contributed by atoms with Crippen LogP contribution < -0.4 is 9.64 Å². The lowest BCUT2D eigenvalue weighted by atomic mass is 9.99. The van der Waals surface area contributed by atoms with Gasteiger partial charge in [-0.2, -0.15) is 0 Å². The van der Waals surface area contributed by atoms with Crippen LogP contribution in [0.2, 0.25) is 0 Å². The quantitative estimate of drug-likeness (QED) is 0.784. The molecule has 0 aromatic heterocycles. The van der Waals surface area contributed by atoms with Crippen molar-refractivity contribution >= 4 is 27.5 Å². The van der Waals surface area contributed by atoms with E-state index in [2.05, 4.69) is 4.40 Å². The minimum Gasteiger partial charge on any atom is -0.495 e. The maximum atomic E-state index is 13.2. The van der Waals surface area contributed by atoms with Crippen molar-refractivity contribution in [1.82, 2.24) is 4.90 Å². The van der Waals surface area contributed by atoms with E-state index in [1.807, 2.05) is 18.2 Å². The number of fused-ring (bicyclic) bond motifs is 2. The van der Waals surface area contributed by atoms with Crippen LogP contribution in [-0.4, -0.2) is 51.0 Å². The summed E-state index contributed by atoms with van der Waals surface area (Å²) in [5.74, 6) is 0.855. The van der Waals surface area contributed by atoms with Crippen LogP contribution in [0.4, 0.5) is 5.69 Å². The number of hydrogen-bond donors (Lipinski definition) is 0. The van der Waals surface area contributed by atoms with Gasteiger partial charge in [-0.3, -0.25) is 4.79 Å². The maximum absolute atomic E-state index is 13.2. The standard InChI is InChI=1S/C18H19N3O4S/c1-25-15-6-2-4-13-5-3-9-21(17(13)15)18(22)14-7-8-16-19-26(23,24)11-10-20(16)12-14/h2,4,6-8,12H,3,5,9-11H2,1H3. The van der Waals surface area contributed by atoms with Gasteiger partial charge in [0.2, 0.25) is 0 Å². The van der Waals surface area contributed by atoms with Crippen LogP contribution in [0.15, 0.2) is 46.5 Å². The van der Waals surface area contributed by atoms with Crippen molar-refractivity contribution < 1.29 is 17.9 Å². The number of sulfonamides is 1. The number of carbonyl (C=O) groups is 1. The van der Waals surface area contributed by atoms with E-state index < -0.39 is 10.0 Å². The Morgan fingerprint density at radius 2 is 2.08 bits per heavy atom. The van der Waals surface area contributed by atoms with Gasteiger partial charge in [-0.15, -0.1) is 4.40 Å². The monoisotopic (exact) mass is 373 g/mol. The lowest BCUT2D eigenvalue weighted by molar-refractivity contribution is -0.115. The molecule has 1 aromatic carbocycles. The molecule has 7 nitrogen and oxygen atoms in total. The van der Waals surface area contributed by atoms with Crippen molar-refractivity contribution in [3.05, 3.63) is 47.7 Å². The lowest BCUT2D eigenvalue weighted by Gasteiger charge is -2.33. The van der Waals surface area contributed by atoms with Crippen LogP contribution in [0, 0.1) is 0 Å². The van der Waals surface area contributed by atoms with Crippen molar-refractivity contribution in [2.45, 2.75) is 12.8 Å². The largest absolute Gasteiger partial charge is 0.495 e. The minimum atomic E-state index is -3.41. The molecule has 136 valence electrons. The Bertz CT molecular complexity index is 948. The predicted molar refractivity (Wildman–Crippen MR) is 98.8 cm³/mol. The second kappa shape index (κ2) is 6.28. The number of ether oxygens (including phenoxy) is 1. The Morgan fingerprint density at radius 1 is 1.23 bits per heavy atom.